The van der Waals surface area contributed by atoms with Crippen LogP contribution in [0, 0.1) is 6.92 Å². The number of aliphatic carboxylic acids is 1. The second-order valence-corrected chi connectivity index (χ2v) is 5.95. The topological polar surface area (TPSA) is 57.6 Å². The average molecular weight is 330 g/mol. The molecule has 1 saturated heterocycles. The predicted molar refractivity (Wildman–Crippen MR) is 73.8 cm³/mol. The second-order valence-electron chi connectivity index (χ2n) is 4.09. The molecule has 1 unspecified atom stereocenters. The van der Waals surface area contributed by atoms with E-state index in [-0.39, 0.29) is 5.91 Å². The maximum Gasteiger partial charge on any atom is 0.327 e. The van der Waals surface area contributed by atoms with E-state index in [1.165, 1.54) is 16.7 Å². The summed E-state index contributed by atoms with van der Waals surface area (Å²) in [7, 11) is 0. The van der Waals surface area contributed by atoms with E-state index in [1.807, 2.05) is 13.0 Å². The number of hydrogen-bond acceptors (Lipinski definition) is 3. The number of hydrogen-bond donors (Lipinski definition) is 1. The quantitative estimate of drug-likeness (QED) is 0.904. The van der Waals surface area contributed by atoms with Crippen molar-refractivity contribution < 1.29 is 14.7 Å². The van der Waals surface area contributed by atoms with E-state index >= 15 is 0 Å². The van der Waals surface area contributed by atoms with E-state index in [4.69, 9.17) is 5.11 Å². The van der Waals surface area contributed by atoms with E-state index in [9.17, 15) is 9.59 Å². The van der Waals surface area contributed by atoms with Gasteiger partial charge in [0.15, 0.2) is 0 Å². The van der Waals surface area contributed by atoms with E-state index in [0.717, 1.165) is 10.0 Å². The summed E-state index contributed by atoms with van der Waals surface area (Å²) in [5, 5.41) is 9.06. The molecular formula is C12H12BrNO3S. The van der Waals surface area contributed by atoms with Gasteiger partial charge in [0, 0.05) is 15.8 Å². The first kappa shape index (κ1) is 13.4. The molecule has 0 radical (unpaired) electrons. The van der Waals surface area contributed by atoms with E-state index in [1.54, 1.807) is 12.1 Å². The SMILES string of the molecule is Cc1ccc(C(=O)N2CSCC2C(=O)O)cc1Br. The lowest BCUT2D eigenvalue weighted by Gasteiger charge is -2.20. The summed E-state index contributed by atoms with van der Waals surface area (Å²) in [5.41, 5.74) is 1.55. The molecule has 2 rings (SSSR count). The molecule has 1 amide bonds. The smallest absolute Gasteiger partial charge is 0.327 e. The minimum absolute atomic E-state index is 0.229. The van der Waals surface area contributed by atoms with Crippen LogP contribution in [-0.2, 0) is 4.79 Å². The first-order valence-corrected chi connectivity index (χ1v) is 7.33. The molecule has 1 aliphatic heterocycles. The monoisotopic (exact) mass is 329 g/mol. The van der Waals surface area contributed by atoms with Gasteiger partial charge in [-0.25, -0.2) is 4.79 Å². The van der Waals surface area contributed by atoms with E-state index in [2.05, 4.69) is 15.9 Å². The van der Waals surface area contributed by atoms with Crippen LogP contribution in [0.25, 0.3) is 0 Å². The van der Waals surface area contributed by atoms with E-state index < -0.39 is 12.0 Å². The van der Waals surface area contributed by atoms with Gasteiger partial charge in [-0.15, -0.1) is 11.8 Å². The summed E-state index contributed by atoms with van der Waals surface area (Å²) in [6, 6.07) is 4.59. The Hall–Kier alpha value is -1.01. The third-order valence-corrected chi connectivity index (χ3v) is 4.71. The first-order chi connectivity index (χ1) is 8.50. The number of amides is 1. The van der Waals surface area contributed by atoms with Crippen LogP contribution in [0.2, 0.25) is 0 Å². The Labute approximate surface area is 117 Å². The normalized spacial score (nSPS) is 19.0. The van der Waals surface area contributed by atoms with Crippen LogP contribution in [-0.4, -0.2) is 39.6 Å². The molecule has 18 heavy (non-hydrogen) atoms. The minimum Gasteiger partial charge on any atom is -0.480 e. The first-order valence-electron chi connectivity index (χ1n) is 5.38. The van der Waals surface area contributed by atoms with Gasteiger partial charge in [-0.2, -0.15) is 0 Å². The molecule has 4 nitrogen and oxygen atoms in total. The van der Waals surface area contributed by atoms with Gasteiger partial charge in [0.25, 0.3) is 5.91 Å². The third-order valence-electron chi connectivity index (χ3n) is 2.85. The van der Waals surface area contributed by atoms with Crippen LogP contribution in [0.15, 0.2) is 22.7 Å². The fraction of sp³-hybridized carbons (Fsp3) is 0.333. The van der Waals surface area contributed by atoms with Crippen molar-refractivity contribution in [3.05, 3.63) is 33.8 Å². The van der Waals surface area contributed by atoms with Crippen LogP contribution in [0.1, 0.15) is 15.9 Å². The molecule has 1 heterocycles. The van der Waals surface area contributed by atoms with Crippen molar-refractivity contribution in [1.29, 1.82) is 0 Å². The second kappa shape index (κ2) is 5.32. The van der Waals surface area contributed by atoms with Crippen LogP contribution in [0.5, 0.6) is 0 Å². The zero-order valence-corrected chi connectivity index (χ0v) is 12.1. The number of carbonyl (C=O) groups is 2. The predicted octanol–water partition coefficient (Wildman–Crippen LogP) is 2.36. The zero-order valence-electron chi connectivity index (χ0n) is 9.72. The highest BCUT2D eigenvalue weighted by molar-refractivity contribution is 9.10. The summed E-state index contributed by atoms with van der Waals surface area (Å²) in [6.45, 7) is 1.93. The lowest BCUT2D eigenvalue weighted by Crippen LogP contribution is -2.41. The molecule has 1 aromatic carbocycles. The molecule has 0 aromatic heterocycles. The number of benzene rings is 1. The highest BCUT2D eigenvalue weighted by Crippen LogP contribution is 2.25. The fourth-order valence-corrected chi connectivity index (χ4v) is 3.26. The lowest BCUT2D eigenvalue weighted by molar-refractivity contribution is -0.140. The van der Waals surface area contributed by atoms with Crippen molar-refractivity contribution in [3.8, 4) is 0 Å². The summed E-state index contributed by atoms with van der Waals surface area (Å²) in [5.74, 6) is -0.289. The largest absolute Gasteiger partial charge is 0.480 e. The Balaban J connectivity index is 2.25. The third kappa shape index (κ3) is 2.54. The molecule has 1 aromatic rings. The van der Waals surface area contributed by atoms with Gasteiger partial charge in [0.2, 0.25) is 0 Å². The molecule has 6 heteroatoms. The van der Waals surface area contributed by atoms with Gasteiger partial charge in [0.05, 0.1) is 5.88 Å². The highest BCUT2D eigenvalue weighted by Gasteiger charge is 2.34. The highest BCUT2D eigenvalue weighted by atomic mass is 79.9. The molecule has 0 saturated carbocycles. The van der Waals surface area contributed by atoms with Gasteiger partial charge >= 0.3 is 5.97 Å². The van der Waals surface area contributed by atoms with E-state index in [0.29, 0.717) is 17.2 Å². The summed E-state index contributed by atoms with van der Waals surface area (Å²) in [4.78, 5) is 24.7. The molecule has 0 spiro atoms. The van der Waals surface area contributed by atoms with Gasteiger partial charge < -0.3 is 10.0 Å². The van der Waals surface area contributed by atoms with Crippen molar-refractivity contribution in [1.82, 2.24) is 4.90 Å². The summed E-state index contributed by atoms with van der Waals surface area (Å²) < 4.78 is 0.854. The number of thioether (sulfide) groups is 1. The molecular weight excluding hydrogens is 318 g/mol. The maximum atomic E-state index is 12.3. The van der Waals surface area contributed by atoms with Crippen molar-refractivity contribution in [2.75, 3.05) is 11.6 Å². The average Bonchev–Trinajstić information content (AvgIpc) is 2.81. The van der Waals surface area contributed by atoms with Crippen LogP contribution in [0.4, 0.5) is 0 Å². The zero-order chi connectivity index (χ0) is 13.3. The number of aryl methyl sites for hydroxylation is 1. The van der Waals surface area contributed by atoms with Gasteiger partial charge in [-0.3, -0.25) is 4.79 Å². The van der Waals surface area contributed by atoms with Gasteiger partial charge in [-0.1, -0.05) is 22.0 Å². The molecule has 1 N–H and O–H groups in total. The molecule has 1 atom stereocenters. The standard InChI is InChI=1S/C12H12BrNO3S/c1-7-2-3-8(4-9(7)13)11(15)14-6-18-5-10(14)12(16)17/h2-4,10H,5-6H2,1H3,(H,16,17). The van der Waals surface area contributed by atoms with Crippen molar-refractivity contribution in [2.24, 2.45) is 0 Å². The number of carboxylic acid groups (broad SMARTS) is 1. The van der Waals surface area contributed by atoms with Crippen molar-refractivity contribution in [3.63, 3.8) is 0 Å². The Kier molecular flexibility index (Phi) is 3.97. The number of halogens is 1. The van der Waals surface area contributed by atoms with Crippen molar-refractivity contribution >= 4 is 39.6 Å². The molecule has 1 aliphatic rings. The van der Waals surface area contributed by atoms with Crippen LogP contribution < -0.4 is 0 Å². The Bertz CT molecular complexity index is 506. The number of carbonyl (C=O) groups excluding carboxylic acids is 1. The fourth-order valence-electron chi connectivity index (χ4n) is 1.74. The Morgan fingerprint density at radius 3 is 2.83 bits per heavy atom. The number of carboxylic acids is 1. The molecule has 0 aliphatic carbocycles. The van der Waals surface area contributed by atoms with Gasteiger partial charge in [-0.05, 0) is 24.6 Å². The van der Waals surface area contributed by atoms with Crippen LogP contribution >= 0.6 is 27.7 Å². The van der Waals surface area contributed by atoms with Gasteiger partial charge in [0.1, 0.15) is 6.04 Å². The summed E-state index contributed by atoms with van der Waals surface area (Å²) in [6.07, 6.45) is 0. The molecule has 0 bridgehead atoms. The molecule has 96 valence electrons. The summed E-state index contributed by atoms with van der Waals surface area (Å²) >= 11 is 4.84. The Morgan fingerprint density at radius 2 is 2.22 bits per heavy atom. The number of rotatable bonds is 2. The number of nitrogens with zero attached hydrogens (tertiary/aromatic N) is 1. The minimum atomic E-state index is -0.945. The molecule has 1 fully saturated rings. The van der Waals surface area contributed by atoms with Crippen molar-refractivity contribution in [2.45, 2.75) is 13.0 Å². The maximum absolute atomic E-state index is 12.3. The lowest BCUT2D eigenvalue weighted by atomic mass is 10.1. The Morgan fingerprint density at radius 1 is 1.50 bits per heavy atom. The van der Waals surface area contributed by atoms with Crippen LogP contribution in [0.3, 0.4) is 0 Å².